The van der Waals surface area contributed by atoms with Crippen molar-refractivity contribution in [3.63, 3.8) is 0 Å². The van der Waals surface area contributed by atoms with Crippen molar-refractivity contribution in [2.45, 2.75) is 6.42 Å². The van der Waals surface area contributed by atoms with Crippen molar-refractivity contribution < 1.29 is 19.3 Å². The van der Waals surface area contributed by atoms with Gasteiger partial charge in [0.25, 0.3) is 0 Å². The van der Waals surface area contributed by atoms with Gasteiger partial charge < -0.3 is 19.3 Å². The molecule has 0 fully saturated rings. The topological polar surface area (TPSA) is 47.9 Å². The third-order valence-electron chi connectivity index (χ3n) is 2.24. The summed E-state index contributed by atoms with van der Waals surface area (Å²) in [5.74, 6) is 1.49. The first-order chi connectivity index (χ1) is 7.69. The molecule has 0 spiro atoms. The lowest BCUT2D eigenvalue weighted by Crippen LogP contribution is -2.01. The normalized spacial score (nSPS) is 10.1. The smallest absolute Gasteiger partial charge is 0.203 e. The van der Waals surface area contributed by atoms with E-state index in [2.05, 4.69) is 0 Å². The van der Waals surface area contributed by atoms with Gasteiger partial charge in [0.2, 0.25) is 5.75 Å². The lowest BCUT2D eigenvalue weighted by Gasteiger charge is -2.16. The van der Waals surface area contributed by atoms with E-state index in [4.69, 9.17) is 30.9 Å². The van der Waals surface area contributed by atoms with Crippen LogP contribution in [0.5, 0.6) is 17.2 Å². The van der Waals surface area contributed by atoms with Gasteiger partial charge in [-0.3, -0.25) is 0 Å². The highest BCUT2D eigenvalue weighted by atomic mass is 35.5. The van der Waals surface area contributed by atoms with Crippen molar-refractivity contribution in [3.05, 3.63) is 16.7 Å². The first-order valence-electron chi connectivity index (χ1n) is 4.77. The summed E-state index contributed by atoms with van der Waals surface area (Å²) in [7, 11) is 4.57. The zero-order chi connectivity index (χ0) is 12.1. The van der Waals surface area contributed by atoms with Gasteiger partial charge in [0.1, 0.15) is 0 Å². The highest BCUT2D eigenvalue weighted by Crippen LogP contribution is 2.43. The van der Waals surface area contributed by atoms with Crippen molar-refractivity contribution in [2.24, 2.45) is 0 Å². The molecule has 16 heavy (non-hydrogen) atoms. The lowest BCUT2D eigenvalue weighted by molar-refractivity contribution is 0.292. The molecule has 0 saturated carbocycles. The van der Waals surface area contributed by atoms with Crippen LogP contribution in [0.25, 0.3) is 0 Å². The molecule has 0 aliphatic carbocycles. The largest absolute Gasteiger partial charge is 0.493 e. The monoisotopic (exact) mass is 246 g/mol. The summed E-state index contributed by atoms with van der Waals surface area (Å²) in [6, 6.07) is 1.65. The van der Waals surface area contributed by atoms with Crippen molar-refractivity contribution >= 4 is 11.6 Å². The van der Waals surface area contributed by atoms with Crippen LogP contribution in [0.15, 0.2) is 6.07 Å². The maximum Gasteiger partial charge on any atom is 0.203 e. The summed E-state index contributed by atoms with van der Waals surface area (Å²) < 4.78 is 15.6. The van der Waals surface area contributed by atoms with E-state index < -0.39 is 0 Å². The average molecular weight is 247 g/mol. The molecule has 0 heterocycles. The SMILES string of the molecule is COc1cc(Cl)c(CCO)c(OC)c1OC. The maximum atomic E-state index is 8.97. The van der Waals surface area contributed by atoms with Gasteiger partial charge in [-0.2, -0.15) is 0 Å². The minimum absolute atomic E-state index is 0.00837. The Kier molecular flexibility index (Phi) is 4.71. The third-order valence-corrected chi connectivity index (χ3v) is 2.58. The minimum atomic E-state index is -0.00837. The molecule has 0 amide bonds. The Morgan fingerprint density at radius 1 is 1.12 bits per heavy atom. The van der Waals surface area contributed by atoms with Gasteiger partial charge in [0.05, 0.1) is 26.4 Å². The van der Waals surface area contributed by atoms with E-state index in [9.17, 15) is 0 Å². The van der Waals surface area contributed by atoms with E-state index in [0.717, 1.165) is 0 Å². The van der Waals surface area contributed by atoms with Crippen LogP contribution in [-0.4, -0.2) is 33.0 Å². The Hall–Kier alpha value is -1.13. The molecule has 0 bridgehead atoms. The summed E-state index contributed by atoms with van der Waals surface area (Å²) >= 11 is 6.07. The molecule has 0 aliphatic rings. The highest BCUT2D eigenvalue weighted by Gasteiger charge is 2.19. The van der Waals surface area contributed by atoms with Gasteiger partial charge in [-0.15, -0.1) is 0 Å². The number of hydrogen-bond acceptors (Lipinski definition) is 4. The molecule has 90 valence electrons. The van der Waals surface area contributed by atoms with Crippen molar-refractivity contribution in [3.8, 4) is 17.2 Å². The number of aliphatic hydroxyl groups is 1. The molecule has 0 radical (unpaired) electrons. The average Bonchev–Trinajstić information content (AvgIpc) is 2.30. The van der Waals surface area contributed by atoms with Gasteiger partial charge in [-0.1, -0.05) is 11.6 Å². The zero-order valence-corrected chi connectivity index (χ0v) is 10.3. The molecule has 1 rings (SSSR count). The second-order valence-corrected chi connectivity index (χ2v) is 3.49. The molecule has 4 nitrogen and oxygen atoms in total. The fourth-order valence-corrected chi connectivity index (χ4v) is 1.81. The minimum Gasteiger partial charge on any atom is -0.493 e. The van der Waals surface area contributed by atoms with Crippen LogP contribution in [0, 0.1) is 0 Å². The maximum absolute atomic E-state index is 8.97. The van der Waals surface area contributed by atoms with Crippen LogP contribution in [0.2, 0.25) is 5.02 Å². The van der Waals surface area contributed by atoms with Gasteiger partial charge in [0.15, 0.2) is 11.5 Å². The van der Waals surface area contributed by atoms with Gasteiger partial charge in [-0.05, 0) is 0 Å². The van der Waals surface area contributed by atoms with Crippen LogP contribution < -0.4 is 14.2 Å². The Balaban J connectivity index is 3.38. The van der Waals surface area contributed by atoms with Gasteiger partial charge in [0, 0.05) is 24.7 Å². The number of halogens is 1. The number of rotatable bonds is 5. The summed E-state index contributed by atoms with van der Waals surface area (Å²) in [4.78, 5) is 0. The van der Waals surface area contributed by atoms with E-state index in [1.807, 2.05) is 0 Å². The lowest BCUT2D eigenvalue weighted by atomic mass is 10.1. The Morgan fingerprint density at radius 2 is 1.75 bits per heavy atom. The van der Waals surface area contributed by atoms with Crippen LogP contribution in [-0.2, 0) is 6.42 Å². The summed E-state index contributed by atoms with van der Waals surface area (Å²) in [6.45, 7) is -0.00837. The molecule has 0 unspecified atom stereocenters. The van der Waals surface area contributed by atoms with Crippen LogP contribution >= 0.6 is 11.6 Å². The van der Waals surface area contributed by atoms with Crippen LogP contribution in [0.1, 0.15) is 5.56 Å². The fraction of sp³-hybridized carbons (Fsp3) is 0.455. The standard InChI is InChI=1S/C11H15ClO4/c1-14-9-6-8(12)7(4-5-13)10(15-2)11(9)16-3/h6,13H,4-5H2,1-3H3. The first kappa shape index (κ1) is 12.9. The highest BCUT2D eigenvalue weighted by molar-refractivity contribution is 6.31. The Labute approximate surface area is 99.7 Å². The molecule has 0 aliphatic heterocycles. The number of benzene rings is 1. The molecular weight excluding hydrogens is 232 g/mol. The van der Waals surface area contributed by atoms with Crippen molar-refractivity contribution in [1.82, 2.24) is 0 Å². The van der Waals surface area contributed by atoms with Gasteiger partial charge in [-0.25, -0.2) is 0 Å². The number of methoxy groups -OCH3 is 3. The van der Waals surface area contributed by atoms with E-state index in [1.54, 1.807) is 6.07 Å². The number of aliphatic hydroxyl groups excluding tert-OH is 1. The third kappa shape index (κ3) is 2.33. The molecule has 1 aromatic rings. The Bertz CT molecular complexity index is 365. The van der Waals surface area contributed by atoms with E-state index in [0.29, 0.717) is 34.3 Å². The molecule has 0 saturated heterocycles. The van der Waals surface area contributed by atoms with E-state index in [-0.39, 0.29) is 6.61 Å². The van der Waals surface area contributed by atoms with Crippen LogP contribution in [0.3, 0.4) is 0 Å². The second kappa shape index (κ2) is 5.82. The molecule has 0 atom stereocenters. The zero-order valence-electron chi connectivity index (χ0n) is 9.54. The van der Waals surface area contributed by atoms with Gasteiger partial charge >= 0.3 is 0 Å². The van der Waals surface area contributed by atoms with Crippen LogP contribution in [0.4, 0.5) is 0 Å². The fourth-order valence-electron chi connectivity index (χ4n) is 1.53. The number of ether oxygens (including phenoxy) is 3. The summed E-state index contributed by atoms with van der Waals surface area (Å²) in [6.07, 6.45) is 0.405. The molecular formula is C11H15ClO4. The Morgan fingerprint density at radius 3 is 2.19 bits per heavy atom. The predicted molar refractivity (Wildman–Crippen MR) is 61.9 cm³/mol. The quantitative estimate of drug-likeness (QED) is 0.862. The first-order valence-corrected chi connectivity index (χ1v) is 5.15. The molecule has 5 heteroatoms. The summed E-state index contributed by atoms with van der Waals surface area (Å²) in [5, 5.41) is 9.46. The molecule has 0 aromatic heterocycles. The van der Waals surface area contributed by atoms with Crippen molar-refractivity contribution in [2.75, 3.05) is 27.9 Å². The number of hydrogen-bond donors (Lipinski definition) is 1. The predicted octanol–water partition coefficient (Wildman–Crippen LogP) is 1.90. The van der Waals surface area contributed by atoms with E-state index >= 15 is 0 Å². The molecule has 1 aromatic carbocycles. The summed E-state index contributed by atoms with van der Waals surface area (Å²) in [5.41, 5.74) is 0.712. The second-order valence-electron chi connectivity index (χ2n) is 3.08. The van der Waals surface area contributed by atoms with E-state index in [1.165, 1.54) is 21.3 Å². The van der Waals surface area contributed by atoms with Crippen molar-refractivity contribution in [1.29, 1.82) is 0 Å². The molecule has 1 N–H and O–H groups in total.